The van der Waals surface area contributed by atoms with Gasteiger partial charge in [0, 0.05) is 17.3 Å². The van der Waals surface area contributed by atoms with Crippen LogP contribution in [0.4, 0.5) is 5.82 Å². The van der Waals surface area contributed by atoms with E-state index in [0.717, 1.165) is 0 Å². The summed E-state index contributed by atoms with van der Waals surface area (Å²) in [5.41, 5.74) is 1.55. The Balaban J connectivity index is 1.93. The number of nitrogens with zero attached hydrogens (tertiary/aromatic N) is 3. The maximum atomic E-state index is 12.8. The van der Waals surface area contributed by atoms with Crippen LogP contribution in [0.25, 0.3) is 5.95 Å². The Morgan fingerprint density at radius 2 is 1.96 bits per heavy atom. The molecular formula is C19H23N5O4. The third-order valence-corrected chi connectivity index (χ3v) is 4.93. The van der Waals surface area contributed by atoms with E-state index in [4.69, 9.17) is 0 Å². The molecule has 2 heterocycles. The third-order valence-electron chi connectivity index (χ3n) is 4.93. The highest BCUT2D eigenvalue weighted by atomic mass is 16.4. The Hall–Kier alpha value is -3.23. The number of aromatic amines is 1. The predicted octanol–water partition coefficient (Wildman–Crippen LogP) is 1.74. The molecule has 0 unspecified atom stereocenters. The molecule has 0 aliphatic heterocycles. The van der Waals surface area contributed by atoms with Crippen LogP contribution in [0.1, 0.15) is 36.7 Å². The number of carboxylic acids is 1. The van der Waals surface area contributed by atoms with Gasteiger partial charge in [-0.05, 0) is 33.1 Å². The van der Waals surface area contributed by atoms with Crippen molar-refractivity contribution in [3.8, 4) is 5.95 Å². The first-order valence-corrected chi connectivity index (χ1v) is 9.17. The molecule has 1 aliphatic carbocycles. The summed E-state index contributed by atoms with van der Waals surface area (Å²) in [6.07, 6.45) is 4.83. The highest BCUT2D eigenvalue weighted by Gasteiger charge is 2.34. The third kappa shape index (κ3) is 3.73. The molecule has 0 fully saturated rings. The van der Waals surface area contributed by atoms with E-state index in [1.807, 2.05) is 13.0 Å². The molecule has 9 nitrogen and oxygen atoms in total. The minimum Gasteiger partial charge on any atom is -0.481 e. The minimum absolute atomic E-state index is 0.196. The Morgan fingerprint density at radius 3 is 2.57 bits per heavy atom. The lowest BCUT2D eigenvalue weighted by Gasteiger charge is -2.24. The average Bonchev–Trinajstić information content (AvgIpc) is 3.01. The summed E-state index contributed by atoms with van der Waals surface area (Å²) in [6.45, 7) is 5.37. The van der Waals surface area contributed by atoms with Gasteiger partial charge < -0.3 is 10.4 Å². The Labute approximate surface area is 161 Å². The molecule has 3 N–H and O–H groups in total. The fraction of sp³-hybridized carbons (Fsp3) is 0.421. The number of rotatable bonds is 5. The van der Waals surface area contributed by atoms with Crippen molar-refractivity contribution in [1.29, 1.82) is 0 Å². The molecular weight excluding hydrogens is 362 g/mol. The van der Waals surface area contributed by atoms with E-state index in [1.165, 1.54) is 4.68 Å². The SMILES string of the molecule is CCc1c(C)nc(-n2nc(C)cc2NC(=O)[C@H]2CC=CC[C@H]2C(=O)O)[nH]c1=O. The van der Waals surface area contributed by atoms with E-state index in [1.54, 1.807) is 26.0 Å². The summed E-state index contributed by atoms with van der Waals surface area (Å²) in [6, 6.07) is 1.65. The molecule has 2 atom stereocenters. The number of nitrogens with one attached hydrogen (secondary N) is 2. The number of carbonyl (C=O) groups is 2. The van der Waals surface area contributed by atoms with Crippen molar-refractivity contribution in [2.24, 2.45) is 11.8 Å². The second-order valence-electron chi connectivity index (χ2n) is 6.87. The first kappa shape index (κ1) is 19.5. The van der Waals surface area contributed by atoms with Crippen LogP contribution < -0.4 is 10.9 Å². The summed E-state index contributed by atoms with van der Waals surface area (Å²) in [4.78, 5) is 43.6. The fourth-order valence-corrected chi connectivity index (χ4v) is 3.46. The lowest BCUT2D eigenvalue weighted by atomic mass is 9.82. The number of amides is 1. The minimum atomic E-state index is -0.994. The molecule has 0 bridgehead atoms. The topological polar surface area (TPSA) is 130 Å². The molecule has 1 aliphatic rings. The number of aliphatic carboxylic acids is 1. The van der Waals surface area contributed by atoms with Gasteiger partial charge in [-0.15, -0.1) is 0 Å². The summed E-state index contributed by atoms with van der Waals surface area (Å²) >= 11 is 0. The standard InChI is InChI=1S/C19H23N5O4/c1-4-12-11(3)20-19(22-16(12)25)24-15(9-10(2)23-24)21-17(26)13-7-5-6-8-14(13)18(27)28/h5-6,9,13-14H,4,7-8H2,1-3H3,(H,21,26)(H,27,28)(H,20,22,25)/t13-,14+/m0/s1. The van der Waals surface area contributed by atoms with Crippen molar-refractivity contribution in [3.05, 3.63) is 45.5 Å². The molecule has 3 rings (SSSR count). The quantitative estimate of drug-likeness (QED) is 0.672. The zero-order valence-corrected chi connectivity index (χ0v) is 16.0. The number of allylic oxidation sites excluding steroid dienone is 2. The Kier molecular flexibility index (Phi) is 5.43. The number of hydrogen-bond donors (Lipinski definition) is 3. The van der Waals surface area contributed by atoms with Crippen molar-refractivity contribution >= 4 is 17.7 Å². The van der Waals surface area contributed by atoms with Crippen LogP contribution in [0, 0.1) is 25.7 Å². The van der Waals surface area contributed by atoms with Gasteiger partial charge >= 0.3 is 5.97 Å². The van der Waals surface area contributed by atoms with Gasteiger partial charge in [0.25, 0.3) is 5.56 Å². The molecule has 28 heavy (non-hydrogen) atoms. The predicted molar refractivity (Wildman–Crippen MR) is 102 cm³/mol. The lowest BCUT2D eigenvalue weighted by molar-refractivity contribution is -0.146. The van der Waals surface area contributed by atoms with Crippen LogP contribution in [0.3, 0.4) is 0 Å². The average molecular weight is 385 g/mol. The number of carboxylic acid groups (broad SMARTS) is 1. The monoisotopic (exact) mass is 385 g/mol. The van der Waals surface area contributed by atoms with E-state index in [0.29, 0.717) is 42.0 Å². The zero-order valence-electron chi connectivity index (χ0n) is 16.0. The maximum Gasteiger partial charge on any atom is 0.307 e. The molecule has 0 spiro atoms. The normalized spacial score (nSPS) is 18.8. The molecule has 148 valence electrons. The molecule has 0 saturated heterocycles. The largest absolute Gasteiger partial charge is 0.481 e. The summed E-state index contributed by atoms with van der Waals surface area (Å²) < 4.78 is 1.36. The molecule has 0 radical (unpaired) electrons. The van der Waals surface area contributed by atoms with Gasteiger partial charge in [0.2, 0.25) is 11.9 Å². The van der Waals surface area contributed by atoms with E-state index in [9.17, 15) is 19.5 Å². The van der Waals surface area contributed by atoms with Crippen molar-refractivity contribution in [2.75, 3.05) is 5.32 Å². The second-order valence-corrected chi connectivity index (χ2v) is 6.87. The summed E-state index contributed by atoms with van der Waals surface area (Å²) in [5, 5.41) is 16.5. The molecule has 0 aromatic carbocycles. The number of aryl methyl sites for hydroxylation is 2. The number of aromatic nitrogens is 4. The van der Waals surface area contributed by atoms with Crippen LogP contribution in [0.15, 0.2) is 23.0 Å². The van der Waals surface area contributed by atoms with Crippen LogP contribution in [0.2, 0.25) is 0 Å². The summed E-state index contributed by atoms with van der Waals surface area (Å²) in [5.74, 6) is -2.32. The van der Waals surface area contributed by atoms with Crippen molar-refractivity contribution in [2.45, 2.75) is 40.0 Å². The van der Waals surface area contributed by atoms with Crippen LogP contribution >= 0.6 is 0 Å². The Bertz CT molecular complexity index is 1000. The molecule has 2 aromatic rings. The van der Waals surface area contributed by atoms with Crippen molar-refractivity contribution in [1.82, 2.24) is 19.7 Å². The van der Waals surface area contributed by atoms with Gasteiger partial charge in [0.05, 0.1) is 17.5 Å². The zero-order chi connectivity index (χ0) is 20.4. The molecule has 0 saturated carbocycles. The molecule has 9 heteroatoms. The van der Waals surface area contributed by atoms with Crippen molar-refractivity contribution < 1.29 is 14.7 Å². The van der Waals surface area contributed by atoms with E-state index < -0.39 is 23.7 Å². The Morgan fingerprint density at radius 1 is 1.29 bits per heavy atom. The van der Waals surface area contributed by atoms with Gasteiger partial charge in [-0.25, -0.2) is 4.98 Å². The van der Waals surface area contributed by atoms with E-state index in [-0.39, 0.29) is 11.5 Å². The van der Waals surface area contributed by atoms with Crippen LogP contribution in [0.5, 0.6) is 0 Å². The highest BCUT2D eigenvalue weighted by molar-refractivity contribution is 5.95. The maximum absolute atomic E-state index is 12.8. The van der Waals surface area contributed by atoms with Gasteiger partial charge in [-0.2, -0.15) is 9.78 Å². The molecule has 2 aromatic heterocycles. The van der Waals surface area contributed by atoms with Gasteiger partial charge in [-0.1, -0.05) is 19.1 Å². The molecule has 1 amide bonds. The van der Waals surface area contributed by atoms with E-state index >= 15 is 0 Å². The van der Waals surface area contributed by atoms with Gasteiger partial charge in [0.1, 0.15) is 5.82 Å². The van der Waals surface area contributed by atoms with E-state index in [2.05, 4.69) is 20.4 Å². The number of anilines is 1. The number of hydrogen-bond acceptors (Lipinski definition) is 5. The lowest BCUT2D eigenvalue weighted by Crippen LogP contribution is -2.35. The fourth-order valence-electron chi connectivity index (χ4n) is 3.46. The number of H-pyrrole nitrogens is 1. The second kappa shape index (κ2) is 7.79. The van der Waals surface area contributed by atoms with Crippen LogP contribution in [-0.2, 0) is 16.0 Å². The smallest absolute Gasteiger partial charge is 0.307 e. The highest BCUT2D eigenvalue weighted by Crippen LogP contribution is 2.27. The first-order valence-electron chi connectivity index (χ1n) is 9.17. The summed E-state index contributed by atoms with van der Waals surface area (Å²) in [7, 11) is 0. The van der Waals surface area contributed by atoms with Gasteiger partial charge in [-0.3, -0.25) is 19.4 Å². The van der Waals surface area contributed by atoms with Gasteiger partial charge in [0.15, 0.2) is 0 Å². The number of carbonyl (C=O) groups excluding carboxylic acids is 1. The van der Waals surface area contributed by atoms with Crippen LogP contribution in [-0.4, -0.2) is 36.7 Å². The first-order chi connectivity index (χ1) is 13.3. The van der Waals surface area contributed by atoms with Crippen molar-refractivity contribution in [3.63, 3.8) is 0 Å².